The molecule has 4 heterocycles. The number of likely N-dealkylation sites (tertiary alicyclic amines) is 1. The number of piperidine rings is 1. The van der Waals surface area contributed by atoms with E-state index in [1.807, 2.05) is 36.1 Å². The van der Waals surface area contributed by atoms with E-state index in [-0.39, 0.29) is 24.2 Å². The standard InChI is InChI=1S/C25H29N5O5/c1-16-3-4-19-20(9-16)30(24(31)14-28-19)15-29-6-5-17(10-21(29)25(32)33-2)26-12-18-11-22-23(13-27-18)35-8-7-34-22/h3-4,9,11,13-14,17,21,26H,5-8,10,12,15H2,1-2H3. The van der Waals surface area contributed by atoms with E-state index in [1.165, 1.54) is 13.3 Å². The molecule has 0 spiro atoms. The molecule has 35 heavy (non-hydrogen) atoms. The van der Waals surface area contributed by atoms with Crippen molar-refractivity contribution in [3.05, 3.63) is 58.3 Å². The van der Waals surface area contributed by atoms with Gasteiger partial charge in [-0.25, -0.2) is 4.98 Å². The third-order valence-corrected chi connectivity index (χ3v) is 6.57. The van der Waals surface area contributed by atoms with Gasteiger partial charge in [-0.1, -0.05) is 6.07 Å². The third kappa shape index (κ3) is 4.98. The lowest BCUT2D eigenvalue weighted by Crippen LogP contribution is -2.53. The van der Waals surface area contributed by atoms with E-state index in [4.69, 9.17) is 14.2 Å². The summed E-state index contributed by atoms with van der Waals surface area (Å²) in [5.41, 5.74) is 3.19. The maximum absolute atomic E-state index is 12.7. The summed E-state index contributed by atoms with van der Waals surface area (Å²) in [4.78, 5) is 36.1. The van der Waals surface area contributed by atoms with E-state index in [2.05, 4.69) is 15.3 Å². The molecule has 10 nitrogen and oxygen atoms in total. The van der Waals surface area contributed by atoms with Crippen LogP contribution in [0.5, 0.6) is 11.5 Å². The van der Waals surface area contributed by atoms with Gasteiger partial charge >= 0.3 is 5.97 Å². The summed E-state index contributed by atoms with van der Waals surface area (Å²) < 4.78 is 18.0. The van der Waals surface area contributed by atoms with Crippen molar-refractivity contribution in [2.24, 2.45) is 0 Å². The van der Waals surface area contributed by atoms with Gasteiger partial charge < -0.3 is 19.5 Å². The van der Waals surface area contributed by atoms with E-state index >= 15 is 0 Å². The lowest BCUT2D eigenvalue weighted by molar-refractivity contribution is -0.149. The number of carbonyl (C=O) groups excluding carboxylic acids is 1. The summed E-state index contributed by atoms with van der Waals surface area (Å²) in [6.07, 6.45) is 4.40. The summed E-state index contributed by atoms with van der Waals surface area (Å²) in [5.74, 6) is 1.06. The maximum Gasteiger partial charge on any atom is 0.323 e. The Bertz CT molecular complexity index is 1290. The molecular weight excluding hydrogens is 450 g/mol. The Morgan fingerprint density at radius 2 is 2.00 bits per heavy atom. The summed E-state index contributed by atoms with van der Waals surface area (Å²) in [7, 11) is 1.40. The van der Waals surface area contributed by atoms with E-state index in [1.54, 1.807) is 10.8 Å². The number of benzene rings is 1. The van der Waals surface area contributed by atoms with Crippen molar-refractivity contribution >= 4 is 17.0 Å². The van der Waals surface area contributed by atoms with Gasteiger partial charge in [0.1, 0.15) is 19.3 Å². The molecule has 3 aromatic rings. The molecule has 0 aliphatic carbocycles. The van der Waals surface area contributed by atoms with Crippen molar-refractivity contribution in [1.82, 2.24) is 24.8 Å². The first kappa shape index (κ1) is 23.3. The molecule has 2 atom stereocenters. The molecule has 0 radical (unpaired) electrons. The molecule has 2 aliphatic rings. The molecule has 1 saturated heterocycles. The Morgan fingerprint density at radius 1 is 1.17 bits per heavy atom. The number of hydrogen-bond donors (Lipinski definition) is 1. The van der Waals surface area contributed by atoms with Crippen molar-refractivity contribution in [2.45, 2.75) is 45.1 Å². The number of aryl methyl sites for hydroxylation is 1. The Balaban J connectivity index is 1.30. The van der Waals surface area contributed by atoms with Crippen LogP contribution < -0.4 is 20.3 Å². The molecular formula is C25H29N5O5. The Morgan fingerprint density at radius 3 is 2.83 bits per heavy atom. The van der Waals surface area contributed by atoms with Crippen molar-refractivity contribution in [1.29, 1.82) is 0 Å². The van der Waals surface area contributed by atoms with Gasteiger partial charge in [0, 0.05) is 25.2 Å². The van der Waals surface area contributed by atoms with Crippen molar-refractivity contribution in [2.75, 3.05) is 26.9 Å². The van der Waals surface area contributed by atoms with Crippen LogP contribution in [-0.4, -0.2) is 64.4 Å². The fourth-order valence-corrected chi connectivity index (χ4v) is 4.68. The Hall–Kier alpha value is -3.50. The van der Waals surface area contributed by atoms with Gasteiger partial charge in [-0.05, 0) is 37.5 Å². The highest BCUT2D eigenvalue weighted by Gasteiger charge is 2.34. The second kappa shape index (κ2) is 10.0. The predicted octanol–water partition coefficient (Wildman–Crippen LogP) is 1.62. The van der Waals surface area contributed by atoms with E-state index in [0.29, 0.717) is 44.2 Å². The molecule has 2 aliphatic heterocycles. The molecule has 2 unspecified atom stereocenters. The van der Waals surface area contributed by atoms with Crippen molar-refractivity contribution in [3.8, 4) is 11.5 Å². The fraction of sp³-hybridized carbons (Fsp3) is 0.440. The van der Waals surface area contributed by atoms with Gasteiger partial charge in [0.25, 0.3) is 5.56 Å². The van der Waals surface area contributed by atoms with Crippen LogP contribution >= 0.6 is 0 Å². The monoisotopic (exact) mass is 479 g/mol. The number of rotatable bonds is 6. The minimum atomic E-state index is -0.473. The number of carbonyl (C=O) groups is 1. The predicted molar refractivity (Wildman–Crippen MR) is 128 cm³/mol. The van der Waals surface area contributed by atoms with Crippen molar-refractivity contribution < 1.29 is 19.0 Å². The second-order valence-electron chi connectivity index (χ2n) is 8.93. The highest BCUT2D eigenvalue weighted by Crippen LogP contribution is 2.29. The summed E-state index contributed by atoms with van der Waals surface area (Å²) in [6.45, 7) is 4.50. The summed E-state index contributed by atoms with van der Waals surface area (Å²) in [5, 5.41) is 3.51. The average molecular weight is 480 g/mol. The largest absolute Gasteiger partial charge is 0.486 e. The van der Waals surface area contributed by atoms with E-state index in [9.17, 15) is 9.59 Å². The molecule has 5 rings (SSSR count). The van der Waals surface area contributed by atoms with Crippen LogP contribution in [-0.2, 0) is 22.7 Å². The lowest BCUT2D eigenvalue weighted by Gasteiger charge is -2.38. The van der Waals surface area contributed by atoms with Crippen molar-refractivity contribution in [3.63, 3.8) is 0 Å². The number of methoxy groups -OCH3 is 1. The fourth-order valence-electron chi connectivity index (χ4n) is 4.68. The highest BCUT2D eigenvalue weighted by molar-refractivity contribution is 5.76. The van der Waals surface area contributed by atoms with Crippen LogP contribution in [0.4, 0.5) is 0 Å². The number of nitrogens with zero attached hydrogens (tertiary/aromatic N) is 4. The number of pyridine rings is 1. The van der Waals surface area contributed by atoms with Crippen LogP contribution in [0.3, 0.4) is 0 Å². The van der Waals surface area contributed by atoms with Crippen LogP contribution in [0, 0.1) is 6.92 Å². The molecule has 2 aromatic heterocycles. The molecule has 1 fully saturated rings. The van der Waals surface area contributed by atoms with Gasteiger partial charge in [-0.3, -0.25) is 24.0 Å². The Kier molecular flexibility index (Phi) is 6.65. The van der Waals surface area contributed by atoms with Gasteiger partial charge in [0.05, 0.1) is 42.9 Å². The molecule has 1 N–H and O–H groups in total. The van der Waals surface area contributed by atoms with Crippen LogP contribution in [0.2, 0.25) is 0 Å². The number of hydrogen-bond acceptors (Lipinski definition) is 9. The average Bonchev–Trinajstić information content (AvgIpc) is 2.89. The van der Waals surface area contributed by atoms with Crippen LogP contribution in [0.1, 0.15) is 24.1 Å². The van der Waals surface area contributed by atoms with Gasteiger partial charge in [0.15, 0.2) is 11.5 Å². The first-order chi connectivity index (χ1) is 17.0. The number of nitrogens with one attached hydrogen (secondary N) is 1. The topological polar surface area (TPSA) is 108 Å². The smallest absolute Gasteiger partial charge is 0.323 e. The van der Waals surface area contributed by atoms with Crippen LogP contribution in [0.25, 0.3) is 11.0 Å². The van der Waals surface area contributed by atoms with Gasteiger partial charge in [0.2, 0.25) is 0 Å². The van der Waals surface area contributed by atoms with E-state index in [0.717, 1.165) is 28.7 Å². The minimum absolute atomic E-state index is 0.0958. The molecule has 1 aromatic carbocycles. The number of fused-ring (bicyclic) bond motifs is 2. The number of esters is 1. The minimum Gasteiger partial charge on any atom is -0.486 e. The van der Waals surface area contributed by atoms with Gasteiger partial charge in [-0.15, -0.1) is 0 Å². The maximum atomic E-state index is 12.7. The highest BCUT2D eigenvalue weighted by atomic mass is 16.6. The zero-order valence-electron chi connectivity index (χ0n) is 19.9. The molecule has 184 valence electrons. The summed E-state index contributed by atoms with van der Waals surface area (Å²) in [6, 6.07) is 7.33. The quantitative estimate of drug-likeness (QED) is 0.528. The SMILES string of the molecule is COC(=O)C1CC(NCc2cc3c(cn2)OCCO3)CCN1Cn1c(=O)cnc2ccc(C)cc21. The molecule has 10 heteroatoms. The van der Waals surface area contributed by atoms with Gasteiger partial charge in [-0.2, -0.15) is 0 Å². The third-order valence-electron chi connectivity index (χ3n) is 6.57. The van der Waals surface area contributed by atoms with Crippen LogP contribution in [0.15, 0.2) is 41.5 Å². The number of aromatic nitrogens is 3. The zero-order chi connectivity index (χ0) is 24.4. The normalized spacial score (nSPS) is 20.1. The number of ether oxygens (including phenoxy) is 3. The Labute approximate surface area is 202 Å². The lowest BCUT2D eigenvalue weighted by atomic mass is 9.97. The molecule has 0 amide bonds. The second-order valence-corrected chi connectivity index (χ2v) is 8.93. The summed E-state index contributed by atoms with van der Waals surface area (Å²) >= 11 is 0. The van der Waals surface area contributed by atoms with E-state index < -0.39 is 6.04 Å². The first-order valence-corrected chi connectivity index (χ1v) is 11.8. The molecule has 0 bridgehead atoms. The zero-order valence-corrected chi connectivity index (χ0v) is 19.9. The molecule has 0 saturated carbocycles. The first-order valence-electron chi connectivity index (χ1n) is 11.8.